The van der Waals surface area contributed by atoms with Crippen LogP contribution in [0.5, 0.6) is 0 Å². The van der Waals surface area contributed by atoms with E-state index in [9.17, 15) is 0 Å². The van der Waals surface area contributed by atoms with E-state index < -0.39 is 0 Å². The second-order valence-corrected chi connectivity index (χ2v) is 1.81. The molecule has 0 aliphatic carbocycles. The van der Waals surface area contributed by atoms with Gasteiger partial charge in [0.05, 0.1) is 0 Å². The van der Waals surface area contributed by atoms with E-state index in [1.807, 2.05) is 0 Å². The molecule has 0 aliphatic heterocycles. The quantitative estimate of drug-likeness (QED) is 0.219. The summed E-state index contributed by atoms with van der Waals surface area (Å²) < 4.78 is 9.32. The summed E-state index contributed by atoms with van der Waals surface area (Å²) >= 11 is 15.6. The first-order chi connectivity index (χ1) is 4.83. The van der Waals surface area contributed by atoms with Gasteiger partial charge in [0, 0.05) is 0 Å². The molecule has 0 unspecified atom stereocenters. The monoisotopic (exact) mass is 288 g/mol. The molecular formula is C2H10Cl2N4S4. The van der Waals surface area contributed by atoms with Crippen molar-refractivity contribution in [2.24, 2.45) is 8.80 Å². The summed E-state index contributed by atoms with van der Waals surface area (Å²) in [6.07, 6.45) is 2.86. The van der Waals surface area contributed by atoms with Crippen LogP contribution in [0.1, 0.15) is 0 Å². The Balaban J connectivity index is -0.0000000457. The molecule has 76 valence electrons. The van der Waals surface area contributed by atoms with Crippen molar-refractivity contribution in [3.63, 3.8) is 0 Å². The molecule has 0 aromatic carbocycles. The highest BCUT2D eigenvalue weighted by Crippen LogP contribution is 1.59. The lowest BCUT2D eigenvalue weighted by Gasteiger charge is -1.82. The molecule has 10 heteroatoms. The highest BCUT2D eigenvalue weighted by molar-refractivity contribution is 7.79. The molecule has 0 heterocycles. The molecule has 4 N–H and O–H groups in total. The van der Waals surface area contributed by atoms with Crippen LogP contribution in [-0.4, -0.2) is 12.7 Å². The van der Waals surface area contributed by atoms with Gasteiger partial charge in [-0.2, -0.15) is 8.80 Å². The van der Waals surface area contributed by atoms with Crippen molar-refractivity contribution >= 4 is 88.8 Å². The Bertz CT molecular complexity index is 89.1. The molecule has 0 rings (SSSR count). The van der Waals surface area contributed by atoms with Crippen molar-refractivity contribution in [3.8, 4) is 0 Å². The number of quaternary nitrogens is 2. The third kappa shape index (κ3) is 42.9. The van der Waals surface area contributed by atoms with E-state index >= 15 is 0 Å². The van der Waals surface area contributed by atoms with Crippen molar-refractivity contribution in [1.82, 2.24) is 0 Å². The molecule has 0 aliphatic rings. The lowest BCUT2D eigenvalue weighted by molar-refractivity contribution is -0.325. The molecule has 0 spiro atoms. The number of thiol groups is 2. The summed E-state index contributed by atoms with van der Waals surface area (Å²) in [6.45, 7) is 0. The number of hydrogen-bond acceptors (Lipinski definition) is 6. The van der Waals surface area contributed by atoms with Crippen LogP contribution in [-0.2, 0) is 25.6 Å². The summed E-state index contributed by atoms with van der Waals surface area (Å²) in [6, 6.07) is 0. The van der Waals surface area contributed by atoms with E-state index in [1.165, 1.54) is 22.1 Å². The van der Waals surface area contributed by atoms with Crippen molar-refractivity contribution < 1.29 is 9.44 Å². The number of halogens is 2. The van der Waals surface area contributed by atoms with Crippen LogP contribution >= 0.6 is 50.4 Å². The highest BCUT2D eigenvalue weighted by atomic mass is 35.5. The van der Waals surface area contributed by atoms with Gasteiger partial charge in [-0.15, -0.1) is 24.8 Å². The lowest BCUT2D eigenvalue weighted by atomic mass is 11.4. The molecule has 0 bridgehead atoms. The fourth-order valence-electron chi connectivity index (χ4n) is 0.0544. The first-order valence-electron chi connectivity index (χ1n) is 2.05. The van der Waals surface area contributed by atoms with Crippen molar-refractivity contribution in [1.29, 1.82) is 0 Å². The van der Waals surface area contributed by atoms with Crippen molar-refractivity contribution in [3.05, 3.63) is 0 Å². The zero-order valence-electron chi connectivity index (χ0n) is 5.73. The summed E-state index contributed by atoms with van der Waals surface area (Å²) in [4.78, 5) is 0. The normalized spacial score (nSPS) is 8.33. The average Bonchev–Trinajstić information content (AvgIpc) is 1.93. The smallest absolute Gasteiger partial charge is 0.175 e. The van der Waals surface area contributed by atoms with E-state index in [0.29, 0.717) is 0 Å². The number of hydrogen-bond donors (Lipinski definition) is 4. The van der Waals surface area contributed by atoms with Crippen LogP contribution < -0.4 is 9.44 Å². The predicted octanol–water partition coefficient (Wildman–Crippen LogP) is -1.39. The van der Waals surface area contributed by atoms with E-state index in [0.717, 1.165) is 0 Å². The maximum atomic E-state index is 4.33. The Morgan fingerprint density at radius 2 is 1.17 bits per heavy atom. The van der Waals surface area contributed by atoms with Gasteiger partial charge >= 0.3 is 0 Å². The number of nitrogens with zero attached hydrogens (tertiary/aromatic N) is 2. The lowest BCUT2D eigenvalue weighted by Crippen LogP contribution is -2.75. The van der Waals surface area contributed by atoms with Gasteiger partial charge in [-0.1, -0.05) is 0 Å². The van der Waals surface area contributed by atoms with Gasteiger partial charge < -0.3 is 35.1 Å². The van der Waals surface area contributed by atoms with Crippen LogP contribution in [0.2, 0.25) is 0 Å². The minimum atomic E-state index is 0. The molecule has 12 heavy (non-hydrogen) atoms. The molecule has 0 fully saturated rings. The molecule has 0 saturated carbocycles. The second-order valence-electron chi connectivity index (χ2n) is 0.801. The summed E-state index contributed by atoms with van der Waals surface area (Å²) in [5, 5.41) is 0. The van der Waals surface area contributed by atoms with Gasteiger partial charge in [0.2, 0.25) is 0 Å². The summed E-state index contributed by atoms with van der Waals surface area (Å²) in [5.41, 5.74) is 0. The Labute approximate surface area is 106 Å². The predicted molar refractivity (Wildman–Crippen MR) is 68.0 cm³/mol. The standard InChI is InChI=1S/2CH4N2S2.2ClH/c2*4-2-1-3-5;;/h2*1,5H,2H2;2*1H/b2*3-1+;;. The minimum Gasteiger partial charge on any atom is -0.491 e. The highest BCUT2D eigenvalue weighted by Gasteiger charge is 1.45. The van der Waals surface area contributed by atoms with E-state index in [1.54, 1.807) is 0 Å². The topological polar surface area (TPSA) is 57.9 Å². The Morgan fingerprint density at radius 3 is 1.17 bits per heavy atom. The van der Waals surface area contributed by atoms with E-state index in [2.05, 4.69) is 60.1 Å². The fourth-order valence-corrected chi connectivity index (χ4v) is 0.490. The number of rotatable bonds is 2. The van der Waals surface area contributed by atoms with E-state index in [-0.39, 0.29) is 24.8 Å². The van der Waals surface area contributed by atoms with Crippen LogP contribution in [0, 0.1) is 0 Å². The Kier molecular flexibility index (Phi) is 57.1. The second kappa shape index (κ2) is 29.5. The third-order valence-electron chi connectivity index (χ3n) is 0.255. The van der Waals surface area contributed by atoms with Gasteiger partial charge in [0.1, 0.15) is 0 Å². The molecule has 0 radical (unpaired) electrons. The molecular weight excluding hydrogens is 279 g/mol. The maximum absolute atomic E-state index is 4.33. The van der Waals surface area contributed by atoms with Gasteiger partial charge in [0.15, 0.2) is 12.7 Å². The van der Waals surface area contributed by atoms with Crippen molar-refractivity contribution in [2.75, 3.05) is 0 Å². The molecule has 0 saturated heterocycles. The van der Waals surface area contributed by atoms with E-state index in [4.69, 9.17) is 0 Å². The molecule has 0 aromatic heterocycles. The third-order valence-corrected chi connectivity index (χ3v) is 0.765. The van der Waals surface area contributed by atoms with Gasteiger partial charge in [-0.05, 0) is 25.6 Å². The SMILES string of the molecule is Cl.Cl.[S-][NH2+]/C=N/S.[S-][NH2+]/C=N/S. The van der Waals surface area contributed by atoms with Gasteiger partial charge in [0.25, 0.3) is 0 Å². The van der Waals surface area contributed by atoms with Crippen LogP contribution in [0.15, 0.2) is 8.80 Å². The Morgan fingerprint density at radius 1 is 0.917 bits per heavy atom. The molecule has 0 aromatic rings. The van der Waals surface area contributed by atoms with Crippen LogP contribution in [0.25, 0.3) is 0 Å². The largest absolute Gasteiger partial charge is 0.491 e. The molecule has 4 nitrogen and oxygen atoms in total. The summed E-state index contributed by atoms with van der Waals surface area (Å²) in [7, 11) is 0. The average molecular weight is 289 g/mol. The zero-order valence-corrected chi connectivity index (χ0v) is 10.8. The minimum absolute atomic E-state index is 0. The first-order valence-corrected chi connectivity index (χ1v) is 3.80. The Hall–Kier alpha value is 1.24. The molecule has 0 atom stereocenters. The van der Waals surface area contributed by atoms with Crippen LogP contribution in [0.4, 0.5) is 0 Å². The van der Waals surface area contributed by atoms with Crippen LogP contribution in [0.3, 0.4) is 0 Å². The first kappa shape index (κ1) is 23.2. The summed E-state index contributed by atoms with van der Waals surface area (Å²) in [5.74, 6) is 0. The van der Waals surface area contributed by atoms with Gasteiger partial charge in [-0.3, -0.25) is 0 Å². The number of nitrogens with two attached hydrogens (primary N) is 2. The fraction of sp³-hybridized carbons (Fsp3) is 0. The van der Waals surface area contributed by atoms with Gasteiger partial charge in [-0.25, -0.2) is 0 Å². The molecule has 0 amide bonds. The maximum Gasteiger partial charge on any atom is 0.175 e. The van der Waals surface area contributed by atoms with Crippen molar-refractivity contribution in [2.45, 2.75) is 0 Å². The zero-order chi connectivity index (χ0) is 8.24.